The molecule has 4 nitrogen and oxygen atoms in total. The predicted molar refractivity (Wildman–Crippen MR) is 61.5 cm³/mol. The second-order valence-electron chi connectivity index (χ2n) is 4.57. The molecule has 0 radical (unpaired) electrons. The zero-order valence-electron chi connectivity index (χ0n) is 9.83. The minimum absolute atomic E-state index is 0.133. The van der Waals surface area contributed by atoms with Crippen LogP contribution in [0.3, 0.4) is 0 Å². The minimum atomic E-state index is 0.133. The summed E-state index contributed by atoms with van der Waals surface area (Å²) in [4.78, 5) is 13.8. The molecule has 0 aromatic rings. The van der Waals surface area contributed by atoms with Crippen LogP contribution in [0.2, 0.25) is 0 Å². The molecule has 1 aliphatic carbocycles. The van der Waals surface area contributed by atoms with E-state index in [0.29, 0.717) is 19.1 Å². The topological polar surface area (TPSA) is 58.4 Å². The Morgan fingerprint density at radius 2 is 2.20 bits per heavy atom. The van der Waals surface area contributed by atoms with E-state index in [1.807, 2.05) is 13.8 Å². The Bertz CT molecular complexity index is 202. The summed E-state index contributed by atoms with van der Waals surface area (Å²) >= 11 is 0. The molecule has 0 atom stereocenters. The largest absolute Gasteiger partial charge is 0.353 e. The Morgan fingerprint density at radius 3 is 2.67 bits per heavy atom. The highest BCUT2D eigenvalue weighted by Gasteiger charge is 2.29. The lowest BCUT2D eigenvalue weighted by atomic mass is 10.3. The summed E-state index contributed by atoms with van der Waals surface area (Å²) < 4.78 is 0. The fourth-order valence-corrected chi connectivity index (χ4v) is 1.68. The highest BCUT2D eigenvalue weighted by atomic mass is 16.2. The molecule has 0 spiro atoms. The molecule has 0 aromatic heterocycles. The van der Waals surface area contributed by atoms with Crippen molar-refractivity contribution in [1.82, 2.24) is 10.2 Å². The van der Waals surface area contributed by atoms with Crippen molar-refractivity contribution in [3.8, 4) is 0 Å². The average Bonchev–Trinajstić information content (AvgIpc) is 2.93. The van der Waals surface area contributed by atoms with Gasteiger partial charge in [-0.3, -0.25) is 9.69 Å². The van der Waals surface area contributed by atoms with Crippen molar-refractivity contribution in [3.05, 3.63) is 0 Å². The molecule has 1 rings (SSSR count). The normalized spacial score (nSPS) is 16.1. The van der Waals surface area contributed by atoms with E-state index in [-0.39, 0.29) is 11.9 Å². The zero-order valence-corrected chi connectivity index (χ0v) is 9.83. The Labute approximate surface area is 92.2 Å². The fraction of sp³-hybridized carbons (Fsp3) is 0.909. The molecule has 0 heterocycles. The van der Waals surface area contributed by atoms with Gasteiger partial charge >= 0.3 is 0 Å². The van der Waals surface area contributed by atoms with Crippen molar-refractivity contribution in [3.63, 3.8) is 0 Å². The summed E-state index contributed by atoms with van der Waals surface area (Å²) in [5.41, 5.74) is 5.48. The van der Waals surface area contributed by atoms with Crippen molar-refractivity contribution in [1.29, 1.82) is 0 Å². The Balaban J connectivity index is 2.26. The van der Waals surface area contributed by atoms with Gasteiger partial charge in [-0.2, -0.15) is 0 Å². The van der Waals surface area contributed by atoms with Crippen LogP contribution in [0, 0.1) is 0 Å². The number of hydrogen-bond acceptors (Lipinski definition) is 3. The Kier molecular flexibility index (Phi) is 5.05. The van der Waals surface area contributed by atoms with Gasteiger partial charge in [-0.15, -0.1) is 0 Å². The van der Waals surface area contributed by atoms with E-state index < -0.39 is 0 Å². The van der Waals surface area contributed by atoms with E-state index in [1.54, 1.807) is 0 Å². The number of carbonyl (C=O) groups is 1. The van der Waals surface area contributed by atoms with E-state index in [9.17, 15) is 4.79 Å². The van der Waals surface area contributed by atoms with Crippen molar-refractivity contribution in [2.45, 2.75) is 45.2 Å². The van der Waals surface area contributed by atoms with Crippen LogP contribution in [0.1, 0.15) is 33.1 Å². The Hall–Kier alpha value is -0.610. The number of rotatable bonds is 7. The molecule has 0 unspecified atom stereocenters. The lowest BCUT2D eigenvalue weighted by Crippen LogP contribution is -2.41. The van der Waals surface area contributed by atoms with Gasteiger partial charge in [0.15, 0.2) is 0 Å². The Morgan fingerprint density at radius 1 is 1.53 bits per heavy atom. The van der Waals surface area contributed by atoms with Crippen molar-refractivity contribution in [2.75, 3.05) is 19.6 Å². The molecule has 15 heavy (non-hydrogen) atoms. The van der Waals surface area contributed by atoms with Crippen LogP contribution in [-0.2, 0) is 4.79 Å². The van der Waals surface area contributed by atoms with Crippen molar-refractivity contribution >= 4 is 5.91 Å². The van der Waals surface area contributed by atoms with Gasteiger partial charge in [0.2, 0.25) is 5.91 Å². The van der Waals surface area contributed by atoms with Gasteiger partial charge in [-0.1, -0.05) is 0 Å². The van der Waals surface area contributed by atoms with Crippen molar-refractivity contribution in [2.24, 2.45) is 5.73 Å². The first-order valence-electron chi connectivity index (χ1n) is 5.87. The van der Waals surface area contributed by atoms with Gasteiger partial charge in [-0.05, 0) is 39.7 Å². The molecular formula is C11H23N3O. The predicted octanol–water partition coefficient (Wildman–Crippen LogP) is 0.324. The third-order valence-electron chi connectivity index (χ3n) is 2.51. The summed E-state index contributed by atoms with van der Waals surface area (Å²) in [6.07, 6.45) is 3.45. The highest BCUT2D eigenvalue weighted by Crippen LogP contribution is 2.26. The van der Waals surface area contributed by atoms with Gasteiger partial charge in [0.1, 0.15) is 0 Å². The minimum Gasteiger partial charge on any atom is -0.353 e. The number of nitrogens with zero attached hydrogens (tertiary/aromatic N) is 1. The molecule has 0 saturated heterocycles. The molecule has 0 aliphatic heterocycles. The summed E-state index contributed by atoms with van der Waals surface area (Å²) in [7, 11) is 0. The summed E-state index contributed by atoms with van der Waals surface area (Å²) in [6, 6.07) is 0.863. The number of amides is 1. The summed E-state index contributed by atoms with van der Waals surface area (Å²) in [6.45, 7) is 6.16. The van der Waals surface area contributed by atoms with Crippen LogP contribution in [0.4, 0.5) is 0 Å². The monoisotopic (exact) mass is 213 g/mol. The molecule has 1 amide bonds. The molecule has 1 saturated carbocycles. The smallest absolute Gasteiger partial charge is 0.234 e. The van der Waals surface area contributed by atoms with Gasteiger partial charge in [0.25, 0.3) is 0 Å². The molecule has 1 aliphatic rings. The SMILES string of the molecule is CC(C)NC(=O)CN(CCCN)C1CC1. The molecular weight excluding hydrogens is 190 g/mol. The van der Waals surface area contributed by atoms with E-state index in [4.69, 9.17) is 5.73 Å². The third kappa shape index (κ3) is 5.14. The maximum atomic E-state index is 11.6. The molecule has 0 bridgehead atoms. The van der Waals surface area contributed by atoms with Crippen molar-refractivity contribution < 1.29 is 4.79 Å². The second kappa shape index (κ2) is 6.08. The van der Waals surface area contributed by atoms with Crippen LogP contribution < -0.4 is 11.1 Å². The fourth-order valence-electron chi connectivity index (χ4n) is 1.68. The van der Waals surface area contributed by atoms with E-state index in [1.165, 1.54) is 12.8 Å². The van der Waals surface area contributed by atoms with Gasteiger partial charge in [0.05, 0.1) is 6.54 Å². The number of carbonyl (C=O) groups excluding carboxylic acids is 1. The third-order valence-corrected chi connectivity index (χ3v) is 2.51. The van der Waals surface area contributed by atoms with Crippen LogP contribution in [0.25, 0.3) is 0 Å². The van der Waals surface area contributed by atoms with Gasteiger partial charge in [-0.25, -0.2) is 0 Å². The maximum absolute atomic E-state index is 11.6. The van der Waals surface area contributed by atoms with E-state index in [2.05, 4.69) is 10.2 Å². The van der Waals surface area contributed by atoms with Gasteiger partial charge in [0, 0.05) is 18.6 Å². The molecule has 1 fully saturated rings. The number of hydrogen-bond donors (Lipinski definition) is 2. The van der Waals surface area contributed by atoms with Crippen LogP contribution >= 0.6 is 0 Å². The molecule has 4 heteroatoms. The lowest BCUT2D eigenvalue weighted by molar-refractivity contribution is -0.122. The lowest BCUT2D eigenvalue weighted by Gasteiger charge is -2.21. The number of nitrogens with two attached hydrogens (primary N) is 1. The maximum Gasteiger partial charge on any atom is 0.234 e. The number of nitrogens with one attached hydrogen (secondary N) is 1. The molecule has 88 valence electrons. The second-order valence-corrected chi connectivity index (χ2v) is 4.57. The standard InChI is InChI=1S/C11H23N3O/c1-9(2)13-11(15)8-14(7-3-6-12)10-4-5-10/h9-10H,3-8,12H2,1-2H3,(H,13,15). The molecule has 0 aromatic carbocycles. The van der Waals surface area contributed by atoms with Crippen LogP contribution in [-0.4, -0.2) is 42.5 Å². The average molecular weight is 213 g/mol. The van der Waals surface area contributed by atoms with E-state index in [0.717, 1.165) is 13.0 Å². The first-order chi connectivity index (χ1) is 7.13. The zero-order chi connectivity index (χ0) is 11.3. The van der Waals surface area contributed by atoms with Crippen LogP contribution in [0.15, 0.2) is 0 Å². The van der Waals surface area contributed by atoms with E-state index >= 15 is 0 Å². The van der Waals surface area contributed by atoms with Gasteiger partial charge < -0.3 is 11.1 Å². The first kappa shape index (κ1) is 12.5. The summed E-state index contributed by atoms with van der Waals surface area (Å²) in [5.74, 6) is 0.133. The highest BCUT2D eigenvalue weighted by molar-refractivity contribution is 5.78. The summed E-state index contributed by atoms with van der Waals surface area (Å²) in [5, 5.41) is 2.92. The first-order valence-corrected chi connectivity index (χ1v) is 5.87. The quantitative estimate of drug-likeness (QED) is 0.640. The van der Waals surface area contributed by atoms with Crippen LogP contribution in [0.5, 0.6) is 0 Å². The molecule has 3 N–H and O–H groups in total.